The maximum absolute atomic E-state index is 5.95. The smallest absolute Gasteiger partial charge is 0.140 e. The summed E-state index contributed by atoms with van der Waals surface area (Å²) in [5.74, 6) is 1.49. The molecule has 0 atom stereocenters. The van der Waals surface area contributed by atoms with Crippen molar-refractivity contribution in [1.82, 2.24) is 0 Å². The molecule has 0 fully saturated rings. The van der Waals surface area contributed by atoms with Gasteiger partial charge >= 0.3 is 0 Å². The molecule has 2 N–H and O–H groups in total. The molecule has 4 heteroatoms. The molecule has 0 heterocycles. The summed E-state index contributed by atoms with van der Waals surface area (Å²) in [4.78, 5) is 0.340. The lowest BCUT2D eigenvalue weighted by Crippen LogP contribution is -2.11. The molecule has 0 unspecified atom stereocenters. The molecule has 2 aromatic carbocycles. The number of thiocarbonyl (C=S) groups is 1. The molecule has 0 spiro atoms. The van der Waals surface area contributed by atoms with Crippen molar-refractivity contribution in [1.29, 1.82) is 0 Å². The van der Waals surface area contributed by atoms with E-state index in [1.807, 2.05) is 50.2 Å². The van der Waals surface area contributed by atoms with Gasteiger partial charge in [0.2, 0.25) is 0 Å². The molecule has 0 saturated carbocycles. The zero-order valence-electron chi connectivity index (χ0n) is 10.7. The van der Waals surface area contributed by atoms with Gasteiger partial charge in [-0.1, -0.05) is 40.3 Å². The number of hydrogen-bond donors (Lipinski definition) is 1. The van der Waals surface area contributed by atoms with Gasteiger partial charge in [-0.2, -0.15) is 0 Å². The number of para-hydroxylation sites is 1. The third-order valence-electron chi connectivity index (χ3n) is 2.83. The first kappa shape index (κ1) is 14.0. The molecule has 0 saturated heterocycles. The van der Waals surface area contributed by atoms with Gasteiger partial charge in [0.1, 0.15) is 16.5 Å². The average molecular weight is 336 g/mol. The Morgan fingerprint density at radius 1 is 1.16 bits per heavy atom. The second-order valence-corrected chi connectivity index (χ2v) is 5.62. The third-order valence-corrected chi connectivity index (χ3v) is 3.94. The zero-order chi connectivity index (χ0) is 14.0. The summed E-state index contributed by atoms with van der Waals surface area (Å²) in [7, 11) is 0. The van der Waals surface area contributed by atoms with E-state index in [9.17, 15) is 0 Å². The van der Waals surface area contributed by atoms with Crippen molar-refractivity contribution in [3.8, 4) is 11.5 Å². The number of aryl methyl sites for hydroxylation is 2. The highest BCUT2D eigenvalue weighted by molar-refractivity contribution is 9.10. The van der Waals surface area contributed by atoms with Gasteiger partial charge in [-0.15, -0.1) is 0 Å². The lowest BCUT2D eigenvalue weighted by atomic mass is 10.1. The molecular weight excluding hydrogens is 322 g/mol. The Bertz CT molecular complexity index is 640. The molecule has 98 valence electrons. The molecule has 2 nitrogen and oxygen atoms in total. The molecule has 19 heavy (non-hydrogen) atoms. The molecular formula is C15H14BrNOS. The lowest BCUT2D eigenvalue weighted by Gasteiger charge is -2.13. The number of rotatable bonds is 3. The van der Waals surface area contributed by atoms with Crippen molar-refractivity contribution < 1.29 is 4.74 Å². The molecule has 0 aliphatic carbocycles. The van der Waals surface area contributed by atoms with Crippen LogP contribution in [0.4, 0.5) is 0 Å². The molecule has 0 radical (unpaired) electrons. The fourth-order valence-corrected chi connectivity index (χ4v) is 2.19. The van der Waals surface area contributed by atoms with Gasteiger partial charge in [0.15, 0.2) is 0 Å². The third kappa shape index (κ3) is 3.14. The van der Waals surface area contributed by atoms with Crippen molar-refractivity contribution in [3.63, 3.8) is 0 Å². The zero-order valence-corrected chi connectivity index (χ0v) is 13.1. The summed E-state index contributed by atoms with van der Waals surface area (Å²) in [6.45, 7) is 3.99. The van der Waals surface area contributed by atoms with Crippen LogP contribution in [0.2, 0.25) is 0 Å². The number of halogens is 1. The Morgan fingerprint density at radius 2 is 1.89 bits per heavy atom. The number of hydrogen-bond acceptors (Lipinski definition) is 2. The monoisotopic (exact) mass is 335 g/mol. The summed E-state index contributed by atoms with van der Waals surface area (Å²) in [5.41, 5.74) is 8.61. The maximum Gasteiger partial charge on any atom is 0.140 e. The molecule has 0 aliphatic heterocycles. The molecule has 0 aliphatic rings. The van der Waals surface area contributed by atoms with Crippen LogP contribution < -0.4 is 10.5 Å². The van der Waals surface area contributed by atoms with E-state index >= 15 is 0 Å². The van der Waals surface area contributed by atoms with Crippen LogP contribution in [-0.4, -0.2) is 4.99 Å². The van der Waals surface area contributed by atoms with Gasteiger partial charge < -0.3 is 10.5 Å². The fraction of sp³-hybridized carbons (Fsp3) is 0.133. The highest BCUT2D eigenvalue weighted by atomic mass is 79.9. The van der Waals surface area contributed by atoms with Crippen molar-refractivity contribution in [2.45, 2.75) is 13.8 Å². The lowest BCUT2D eigenvalue weighted by molar-refractivity contribution is 0.477. The van der Waals surface area contributed by atoms with E-state index in [2.05, 4.69) is 15.9 Å². The highest BCUT2D eigenvalue weighted by Crippen LogP contribution is 2.31. The Morgan fingerprint density at radius 3 is 2.53 bits per heavy atom. The summed E-state index contributed by atoms with van der Waals surface area (Å²) in [5, 5.41) is 0. The van der Waals surface area contributed by atoms with E-state index in [-0.39, 0.29) is 0 Å². The SMILES string of the molecule is Cc1cc(Oc2c(C)cccc2C(N)=S)ccc1Br. The van der Waals surface area contributed by atoms with Crippen LogP contribution in [-0.2, 0) is 0 Å². The molecule has 0 amide bonds. The van der Waals surface area contributed by atoms with Crippen molar-refractivity contribution in [2.75, 3.05) is 0 Å². The molecule has 2 aromatic rings. The average Bonchev–Trinajstić information content (AvgIpc) is 2.36. The number of benzene rings is 2. The Labute approximate surface area is 126 Å². The topological polar surface area (TPSA) is 35.2 Å². The molecule has 2 rings (SSSR count). The summed E-state index contributed by atoms with van der Waals surface area (Å²) >= 11 is 8.53. The first-order chi connectivity index (χ1) is 8.99. The van der Waals surface area contributed by atoms with E-state index in [4.69, 9.17) is 22.7 Å². The van der Waals surface area contributed by atoms with Crippen LogP contribution in [0, 0.1) is 13.8 Å². The largest absolute Gasteiger partial charge is 0.456 e. The van der Waals surface area contributed by atoms with Crippen molar-refractivity contribution >= 4 is 33.1 Å². The summed E-state index contributed by atoms with van der Waals surface area (Å²) in [6.07, 6.45) is 0. The van der Waals surface area contributed by atoms with Gasteiger partial charge in [0, 0.05) is 4.47 Å². The van der Waals surface area contributed by atoms with E-state index in [1.165, 1.54) is 0 Å². The van der Waals surface area contributed by atoms with E-state index < -0.39 is 0 Å². The standard InChI is InChI=1S/C15H14BrNOS/c1-9-4-3-5-12(15(17)19)14(9)18-11-6-7-13(16)10(2)8-11/h3-8H,1-2H3,(H2,17,19). The highest BCUT2D eigenvalue weighted by Gasteiger charge is 2.10. The minimum Gasteiger partial charge on any atom is -0.456 e. The number of nitrogens with two attached hydrogens (primary N) is 1. The van der Waals surface area contributed by atoms with E-state index in [0.29, 0.717) is 4.99 Å². The van der Waals surface area contributed by atoms with Crippen LogP contribution in [0.5, 0.6) is 11.5 Å². The minimum atomic E-state index is 0.340. The summed E-state index contributed by atoms with van der Waals surface area (Å²) < 4.78 is 7.00. The molecule has 0 bridgehead atoms. The van der Waals surface area contributed by atoms with Gasteiger partial charge in [-0.05, 0) is 49.2 Å². The molecule has 0 aromatic heterocycles. The normalized spacial score (nSPS) is 10.3. The predicted octanol–water partition coefficient (Wildman–Crippen LogP) is 4.49. The first-order valence-corrected chi connectivity index (χ1v) is 7.02. The second kappa shape index (κ2) is 5.72. The van der Waals surface area contributed by atoms with Crippen LogP contribution in [0.1, 0.15) is 16.7 Å². The van der Waals surface area contributed by atoms with Crippen molar-refractivity contribution in [2.24, 2.45) is 5.73 Å². The Balaban J connectivity index is 2.42. The van der Waals surface area contributed by atoms with E-state index in [0.717, 1.165) is 32.7 Å². The predicted molar refractivity (Wildman–Crippen MR) is 86.0 cm³/mol. The number of ether oxygens (including phenoxy) is 1. The fourth-order valence-electron chi connectivity index (χ4n) is 1.78. The summed E-state index contributed by atoms with van der Waals surface area (Å²) in [6, 6.07) is 11.6. The van der Waals surface area contributed by atoms with Crippen LogP contribution >= 0.6 is 28.1 Å². The second-order valence-electron chi connectivity index (χ2n) is 4.33. The van der Waals surface area contributed by atoms with E-state index in [1.54, 1.807) is 0 Å². The van der Waals surface area contributed by atoms with Gasteiger partial charge in [-0.3, -0.25) is 0 Å². The van der Waals surface area contributed by atoms with Gasteiger partial charge in [0.25, 0.3) is 0 Å². The van der Waals surface area contributed by atoms with Crippen LogP contribution in [0.25, 0.3) is 0 Å². The Kier molecular flexibility index (Phi) is 4.22. The van der Waals surface area contributed by atoms with Crippen molar-refractivity contribution in [3.05, 3.63) is 57.6 Å². The minimum absolute atomic E-state index is 0.340. The van der Waals surface area contributed by atoms with Gasteiger partial charge in [0.05, 0.1) is 5.56 Å². The van der Waals surface area contributed by atoms with Gasteiger partial charge in [-0.25, -0.2) is 0 Å². The van der Waals surface area contributed by atoms with Crippen LogP contribution in [0.3, 0.4) is 0 Å². The quantitative estimate of drug-likeness (QED) is 0.839. The van der Waals surface area contributed by atoms with Crippen LogP contribution in [0.15, 0.2) is 40.9 Å². The maximum atomic E-state index is 5.95. The first-order valence-electron chi connectivity index (χ1n) is 5.82. The Hall–Kier alpha value is -1.39.